The summed E-state index contributed by atoms with van der Waals surface area (Å²) in [4.78, 5) is 3.37. The molecule has 0 atom stereocenters. The molecule has 0 aliphatic heterocycles. The first-order chi connectivity index (χ1) is 7.45. The van der Waals surface area contributed by atoms with E-state index in [1.807, 2.05) is 6.92 Å². The fourth-order valence-electron chi connectivity index (χ4n) is 1.72. The van der Waals surface area contributed by atoms with Gasteiger partial charge < -0.3 is 0 Å². The molecular weight excluding hydrogens is 243 g/mol. The molecule has 3 heteroatoms. The summed E-state index contributed by atoms with van der Waals surface area (Å²) in [6, 6.07) is 0. The standard InChI is InChI=1S/C13H19N2.Co/c1-9(2)5-12-7-11(8-14)13(15-12)6-10(3)4;/h8-9,14-15H,3,5-6H2,1-2,4H3;. The Morgan fingerprint density at radius 2 is 2.12 bits per heavy atom. The van der Waals surface area contributed by atoms with Crippen molar-refractivity contribution in [1.29, 1.82) is 5.41 Å². The van der Waals surface area contributed by atoms with Gasteiger partial charge in [-0.3, -0.25) is 0 Å². The number of nitrogens with one attached hydrogen (secondary N) is 2. The van der Waals surface area contributed by atoms with Gasteiger partial charge in [0.1, 0.15) is 0 Å². The zero-order valence-corrected chi connectivity index (χ0v) is 11.2. The van der Waals surface area contributed by atoms with Gasteiger partial charge in [0.2, 0.25) is 0 Å². The van der Waals surface area contributed by atoms with Crippen LogP contribution in [0, 0.1) is 11.3 Å². The summed E-state index contributed by atoms with van der Waals surface area (Å²) in [5, 5.41) is 7.44. The molecule has 0 bridgehead atoms. The minimum atomic E-state index is 0.583. The van der Waals surface area contributed by atoms with Crippen molar-refractivity contribution >= 4 is 10.7 Å². The van der Waals surface area contributed by atoms with E-state index in [0.29, 0.717) is 5.92 Å². The van der Waals surface area contributed by atoms with Crippen LogP contribution < -0.4 is 4.50 Å². The summed E-state index contributed by atoms with van der Waals surface area (Å²) >= 11 is 4.55. The van der Waals surface area contributed by atoms with E-state index >= 15 is 0 Å². The van der Waals surface area contributed by atoms with E-state index in [1.165, 1.54) is 6.21 Å². The van der Waals surface area contributed by atoms with Gasteiger partial charge >= 0.3 is 105 Å². The number of allylic oxidation sites excluding steroid dienone is 1. The molecule has 0 saturated heterocycles. The molecule has 0 unspecified atom stereocenters. The number of aromatic nitrogens is 1. The molecule has 90 valence electrons. The van der Waals surface area contributed by atoms with E-state index < -0.39 is 0 Å². The third-order valence-corrected chi connectivity index (χ3v) is 2.93. The first kappa shape index (κ1) is 13.3. The molecule has 0 aliphatic rings. The van der Waals surface area contributed by atoms with Crippen LogP contribution in [0.3, 0.4) is 0 Å². The summed E-state index contributed by atoms with van der Waals surface area (Å²) in [5.41, 5.74) is 4.18. The van der Waals surface area contributed by atoms with Gasteiger partial charge in [0, 0.05) is 0 Å². The van der Waals surface area contributed by atoms with Crippen LogP contribution in [-0.2, 0) is 28.6 Å². The summed E-state index contributed by atoms with van der Waals surface area (Å²) < 4.78 is 0.910. The molecule has 0 amide bonds. The van der Waals surface area contributed by atoms with Crippen LogP contribution in [0.4, 0.5) is 0 Å². The van der Waals surface area contributed by atoms with Crippen molar-refractivity contribution in [3.05, 3.63) is 29.1 Å². The molecule has 2 N–H and O–H groups in total. The number of hydrogen-bond acceptors (Lipinski definition) is 1. The third-order valence-electron chi connectivity index (χ3n) is 2.34. The van der Waals surface area contributed by atoms with Crippen LogP contribution in [0.2, 0.25) is 0 Å². The van der Waals surface area contributed by atoms with Gasteiger partial charge in [-0.25, -0.2) is 0 Å². The predicted octanol–water partition coefficient (Wildman–Crippen LogP) is 2.50. The molecule has 0 aromatic carbocycles. The number of hydrogen-bond donors (Lipinski definition) is 2. The van der Waals surface area contributed by atoms with E-state index in [-0.39, 0.29) is 0 Å². The fourth-order valence-corrected chi connectivity index (χ4v) is 2.13. The van der Waals surface area contributed by atoms with Crippen molar-refractivity contribution in [2.75, 3.05) is 0 Å². The monoisotopic (exact) mass is 262 g/mol. The van der Waals surface area contributed by atoms with Crippen molar-refractivity contribution in [3.63, 3.8) is 0 Å². The molecule has 16 heavy (non-hydrogen) atoms. The maximum absolute atomic E-state index is 7.44. The van der Waals surface area contributed by atoms with E-state index in [2.05, 4.69) is 41.1 Å². The number of H-pyrrole nitrogens is 1. The van der Waals surface area contributed by atoms with E-state index in [1.54, 1.807) is 0 Å². The van der Waals surface area contributed by atoms with Gasteiger partial charge in [0.15, 0.2) is 0 Å². The van der Waals surface area contributed by atoms with Crippen molar-refractivity contribution in [1.82, 2.24) is 4.98 Å². The van der Waals surface area contributed by atoms with Crippen molar-refractivity contribution in [2.24, 2.45) is 5.92 Å². The summed E-state index contributed by atoms with van der Waals surface area (Å²) in [5.74, 6) is 0.583. The van der Waals surface area contributed by atoms with Gasteiger partial charge in [-0.2, -0.15) is 0 Å². The average molecular weight is 262 g/mol. The second-order valence-electron chi connectivity index (χ2n) is 4.66. The Bertz CT molecular complexity index is 402. The molecule has 2 nitrogen and oxygen atoms in total. The Morgan fingerprint density at radius 3 is 2.56 bits per heavy atom. The molecule has 1 heterocycles. The first-order valence-corrected chi connectivity index (χ1v) is 5.99. The Balaban J connectivity index is 3.09. The van der Waals surface area contributed by atoms with Gasteiger partial charge in [-0.15, -0.1) is 0 Å². The van der Waals surface area contributed by atoms with Crippen LogP contribution in [0.25, 0.3) is 0 Å². The zero-order chi connectivity index (χ0) is 12.3. The summed E-state index contributed by atoms with van der Waals surface area (Å²) in [6.45, 7) is 10.3. The molecule has 0 radical (unpaired) electrons. The van der Waals surface area contributed by atoms with Crippen LogP contribution in [0.15, 0.2) is 12.2 Å². The number of rotatable bonds is 5. The van der Waals surface area contributed by atoms with Crippen LogP contribution in [0.5, 0.6) is 0 Å². The van der Waals surface area contributed by atoms with Gasteiger partial charge in [0.25, 0.3) is 0 Å². The SMILES string of the molecule is C=C(C)Cc1[nH]c(CC(C)C)[c]([Co])c1C=N. The quantitative estimate of drug-likeness (QED) is 0.604. The average Bonchev–Trinajstić information content (AvgIpc) is 2.41. The van der Waals surface area contributed by atoms with Crippen molar-refractivity contribution < 1.29 is 15.7 Å². The molecule has 0 aliphatic carbocycles. The van der Waals surface area contributed by atoms with Gasteiger partial charge in [0.05, 0.1) is 0 Å². The van der Waals surface area contributed by atoms with Crippen LogP contribution >= 0.6 is 0 Å². The zero-order valence-electron chi connectivity index (χ0n) is 10.1. The predicted molar refractivity (Wildman–Crippen MR) is 65.4 cm³/mol. The fraction of sp³-hybridized carbons (Fsp3) is 0.462. The molecule has 1 rings (SSSR count). The Labute approximate surface area is 106 Å². The maximum atomic E-state index is 7.44. The topological polar surface area (TPSA) is 39.6 Å². The molecule has 0 saturated carbocycles. The Kier molecular flexibility index (Phi) is 4.56. The Morgan fingerprint density at radius 1 is 1.50 bits per heavy atom. The number of aromatic amines is 1. The minimum absolute atomic E-state index is 0.583. The van der Waals surface area contributed by atoms with E-state index in [0.717, 1.165) is 39.9 Å². The summed E-state index contributed by atoms with van der Waals surface area (Å²) in [7, 11) is 0. The molecule has 1 aromatic rings. The van der Waals surface area contributed by atoms with Crippen molar-refractivity contribution in [2.45, 2.75) is 33.6 Å². The van der Waals surface area contributed by atoms with Gasteiger partial charge in [-0.1, -0.05) is 0 Å². The third kappa shape index (κ3) is 3.09. The van der Waals surface area contributed by atoms with E-state index in [4.69, 9.17) is 5.41 Å². The van der Waals surface area contributed by atoms with Gasteiger partial charge in [-0.05, 0) is 0 Å². The summed E-state index contributed by atoms with van der Waals surface area (Å²) in [6.07, 6.45) is 3.13. The molecular formula is C13H19CoN2. The van der Waals surface area contributed by atoms with Crippen molar-refractivity contribution in [3.8, 4) is 0 Å². The van der Waals surface area contributed by atoms with Crippen LogP contribution in [0.1, 0.15) is 37.7 Å². The molecule has 1 aromatic heterocycles. The van der Waals surface area contributed by atoms with Crippen LogP contribution in [-0.4, -0.2) is 11.2 Å². The second-order valence-corrected chi connectivity index (χ2v) is 5.18. The normalized spacial score (nSPS) is 10.9. The second kappa shape index (κ2) is 5.50. The van der Waals surface area contributed by atoms with E-state index in [9.17, 15) is 0 Å². The molecule has 0 fully saturated rings. The first-order valence-electron chi connectivity index (χ1n) is 5.47. The Hall–Kier alpha value is -0.804. The molecule has 0 spiro atoms.